The van der Waals surface area contributed by atoms with E-state index in [-0.39, 0.29) is 31.1 Å². The lowest BCUT2D eigenvalue weighted by atomic mass is 10.1. The van der Waals surface area contributed by atoms with Gasteiger partial charge in [-0.1, -0.05) is 0 Å². The quantitative estimate of drug-likeness (QED) is 0.763. The van der Waals surface area contributed by atoms with Crippen LogP contribution in [0.3, 0.4) is 0 Å². The average Bonchev–Trinajstić information content (AvgIpc) is 3.28. The van der Waals surface area contributed by atoms with Gasteiger partial charge in [0.05, 0.1) is 24.4 Å². The first-order chi connectivity index (χ1) is 13.3. The third-order valence-electron chi connectivity index (χ3n) is 4.32. The van der Waals surface area contributed by atoms with E-state index in [9.17, 15) is 23.2 Å². The highest BCUT2D eigenvalue weighted by atomic mass is 19.1. The number of hydrogen-bond donors (Lipinski definition) is 1. The number of esters is 1. The molecule has 9 heteroatoms. The molecule has 28 heavy (non-hydrogen) atoms. The minimum atomic E-state index is -1.25. The van der Waals surface area contributed by atoms with Gasteiger partial charge in [0, 0.05) is 19.0 Å². The summed E-state index contributed by atoms with van der Waals surface area (Å²) in [4.78, 5) is 37.9. The Labute approximate surface area is 159 Å². The lowest BCUT2D eigenvalue weighted by Gasteiger charge is -2.17. The SMILES string of the molecule is C[C@H](OC(=O)[C@@H]1CC(=O)N(Cc2ccco2)C1)C(=O)Nc1cc(F)ccc1F. The van der Waals surface area contributed by atoms with Crippen LogP contribution in [0.4, 0.5) is 14.5 Å². The van der Waals surface area contributed by atoms with E-state index in [1.54, 1.807) is 12.1 Å². The molecule has 3 rings (SSSR count). The van der Waals surface area contributed by atoms with Crippen LogP contribution in [-0.4, -0.2) is 35.3 Å². The monoisotopic (exact) mass is 392 g/mol. The zero-order valence-electron chi connectivity index (χ0n) is 15.0. The molecule has 1 aliphatic heterocycles. The van der Waals surface area contributed by atoms with Crippen molar-refractivity contribution in [3.05, 3.63) is 54.0 Å². The molecule has 1 saturated heterocycles. The molecular formula is C19H18F2N2O5. The van der Waals surface area contributed by atoms with Crippen LogP contribution in [0, 0.1) is 17.6 Å². The number of anilines is 1. The maximum Gasteiger partial charge on any atom is 0.312 e. The molecule has 7 nitrogen and oxygen atoms in total. The van der Waals surface area contributed by atoms with E-state index in [0.717, 1.165) is 18.2 Å². The lowest BCUT2D eigenvalue weighted by molar-refractivity contribution is -0.157. The van der Waals surface area contributed by atoms with Crippen LogP contribution >= 0.6 is 0 Å². The Kier molecular flexibility index (Phi) is 5.72. The molecule has 0 bridgehead atoms. The highest BCUT2D eigenvalue weighted by Gasteiger charge is 2.37. The molecule has 148 valence electrons. The summed E-state index contributed by atoms with van der Waals surface area (Å²) >= 11 is 0. The van der Waals surface area contributed by atoms with Crippen LogP contribution in [0.1, 0.15) is 19.1 Å². The summed E-state index contributed by atoms with van der Waals surface area (Å²) in [6, 6.07) is 6.03. The Balaban J connectivity index is 1.54. The van der Waals surface area contributed by atoms with Gasteiger partial charge in [0.15, 0.2) is 6.10 Å². The van der Waals surface area contributed by atoms with Crippen LogP contribution in [0.25, 0.3) is 0 Å². The van der Waals surface area contributed by atoms with E-state index in [1.807, 2.05) is 0 Å². The summed E-state index contributed by atoms with van der Waals surface area (Å²) in [5.74, 6) is -3.41. The second kappa shape index (κ2) is 8.20. The molecule has 1 aromatic carbocycles. The van der Waals surface area contributed by atoms with Gasteiger partial charge in [0.25, 0.3) is 5.91 Å². The Morgan fingerprint density at radius 3 is 2.86 bits per heavy atom. The van der Waals surface area contributed by atoms with Crippen molar-refractivity contribution >= 4 is 23.5 Å². The number of benzene rings is 1. The molecule has 2 amide bonds. The molecular weight excluding hydrogens is 374 g/mol. The van der Waals surface area contributed by atoms with Gasteiger partial charge in [-0.05, 0) is 31.2 Å². The highest BCUT2D eigenvalue weighted by molar-refractivity contribution is 5.95. The maximum atomic E-state index is 13.6. The van der Waals surface area contributed by atoms with E-state index in [0.29, 0.717) is 5.76 Å². The zero-order valence-corrected chi connectivity index (χ0v) is 15.0. The molecule has 2 heterocycles. The van der Waals surface area contributed by atoms with Crippen molar-refractivity contribution < 1.29 is 32.3 Å². The molecule has 0 aliphatic carbocycles. The average molecular weight is 392 g/mol. The third-order valence-corrected chi connectivity index (χ3v) is 4.32. The minimum absolute atomic E-state index is 0.0353. The largest absolute Gasteiger partial charge is 0.467 e. The third kappa shape index (κ3) is 4.54. The van der Waals surface area contributed by atoms with Crippen molar-refractivity contribution in [1.82, 2.24) is 4.90 Å². The molecule has 0 saturated carbocycles. The zero-order chi connectivity index (χ0) is 20.3. The second-order valence-electron chi connectivity index (χ2n) is 6.45. The fourth-order valence-corrected chi connectivity index (χ4v) is 2.83. The van der Waals surface area contributed by atoms with Crippen molar-refractivity contribution in [2.24, 2.45) is 5.92 Å². The first kappa shape index (κ1) is 19.5. The number of hydrogen-bond acceptors (Lipinski definition) is 5. The lowest BCUT2D eigenvalue weighted by Crippen LogP contribution is -2.33. The molecule has 2 aromatic rings. The van der Waals surface area contributed by atoms with Crippen molar-refractivity contribution in [2.45, 2.75) is 26.0 Å². The first-order valence-electron chi connectivity index (χ1n) is 8.60. The van der Waals surface area contributed by atoms with Gasteiger partial charge in [0.2, 0.25) is 5.91 Å². The van der Waals surface area contributed by atoms with E-state index >= 15 is 0 Å². The second-order valence-corrected chi connectivity index (χ2v) is 6.45. The number of ether oxygens (including phenoxy) is 1. The molecule has 1 N–H and O–H groups in total. The summed E-state index contributed by atoms with van der Waals surface area (Å²) in [7, 11) is 0. The number of nitrogens with zero attached hydrogens (tertiary/aromatic N) is 1. The van der Waals surface area contributed by atoms with E-state index in [4.69, 9.17) is 9.15 Å². The van der Waals surface area contributed by atoms with Crippen LogP contribution in [-0.2, 0) is 25.7 Å². The Morgan fingerprint density at radius 2 is 2.14 bits per heavy atom. The number of halogens is 2. The number of rotatable bonds is 6. The van der Waals surface area contributed by atoms with Gasteiger partial charge in [-0.25, -0.2) is 8.78 Å². The Morgan fingerprint density at radius 1 is 1.36 bits per heavy atom. The van der Waals surface area contributed by atoms with Crippen molar-refractivity contribution in [1.29, 1.82) is 0 Å². The van der Waals surface area contributed by atoms with E-state index in [1.165, 1.54) is 18.1 Å². The fraction of sp³-hybridized carbons (Fsp3) is 0.316. The van der Waals surface area contributed by atoms with Crippen LogP contribution in [0.15, 0.2) is 41.0 Å². The summed E-state index contributed by atoms with van der Waals surface area (Å²) < 4.78 is 37.1. The number of amides is 2. The molecule has 1 aromatic heterocycles. The number of furan rings is 1. The standard InChI is InChI=1S/C19H18F2N2O5/c1-11(18(25)22-16-8-13(20)4-5-15(16)21)28-19(26)12-7-17(24)23(9-12)10-14-3-2-6-27-14/h2-6,8,11-12H,7,9-10H2,1H3,(H,22,25)/t11-,12+/m0/s1. The molecule has 0 unspecified atom stereocenters. The van der Waals surface area contributed by atoms with Gasteiger partial charge in [-0.15, -0.1) is 0 Å². The predicted molar refractivity (Wildman–Crippen MR) is 92.8 cm³/mol. The van der Waals surface area contributed by atoms with Gasteiger partial charge < -0.3 is 19.4 Å². The topological polar surface area (TPSA) is 88.9 Å². The maximum absolute atomic E-state index is 13.6. The summed E-state index contributed by atoms with van der Waals surface area (Å²) in [5.41, 5.74) is -0.353. The molecule has 1 fully saturated rings. The van der Waals surface area contributed by atoms with Gasteiger partial charge >= 0.3 is 5.97 Å². The number of carbonyl (C=O) groups excluding carboxylic acids is 3. The van der Waals surface area contributed by atoms with Crippen LogP contribution in [0.5, 0.6) is 0 Å². The molecule has 2 atom stereocenters. The molecule has 0 spiro atoms. The van der Waals surface area contributed by atoms with E-state index < -0.39 is 35.5 Å². The number of carbonyl (C=O) groups is 3. The van der Waals surface area contributed by atoms with Crippen molar-refractivity contribution in [3.63, 3.8) is 0 Å². The van der Waals surface area contributed by atoms with Crippen LogP contribution in [0.2, 0.25) is 0 Å². The van der Waals surface area contributed by atoms with Crippen LogP contribution < -0.4 is 5.32 Å². The Bertz CT molecular complexity index is 884. The van der Waals surface area contributed by atoms with Gasteiger partial charge in [-0.3, -0.25) is 14.4 Å². The van der Waals surface area contributed by atoms with Gasteiger partial charge in [-0.2, -0.15) is 0 Å². The highest BCUT2D eigenvalue weighted by Crippen LogP contribution is 2.22. The van der Waals surface area contributed by atoms with E-state index in [2.05, 4.69) is 5.32 Å². The van der Waals surface area contributed by atoms with Crippen molar-refractivity contribution in [3.8, 4) is 0 Å². The normalized spacial score (nSPS) is 17.5. The van der Waals surface area contributed by atoms with Crippen molar-refractivity contribution in [2.75, 3.05) is 11.9 Å². The number of nitrogens with one attached hydrogen (secondary N) is 1. The fourth-order valence-electron chi connectivity index (χ4n) is 2.83. The first-order valence-corrected chi connectivity index (χ1v) is 8.60. The smallest absolute Gasteiger partial charge is 0.312 e. The number of likely N-dealkylation sites (tertiary alicyclic amines) is 1. The molecule has 1 aliphatic rings. The Hall–Kier alpha value is -3.23. The summed E-state index contributed by atoms with van der Waals surface area (Å²) in [6.45, 7) is 1.69. The van der Waals surface area contributed by atoms with Gasteiger partial charge in [0.1, 0.15) is 17.4 Å². The molecule has 0 radical (unpaired) electrons. The summed E-state index contributed by atoms with van der Waals surface area (Å²) in [6.07, 6.45) is 0.208. The predicted octanol–water partition coefficient (Wildman–Crippen LogP) is 2.48. The minimum Gasteiger partial charge on any atom is -0.467 e. The summed E-state index contributed by atoms with van der Waals surface area (Å²) in [5, 5.41) is 2.17.